The Labute approximate surface area is 121 Å². The van der Waals surface area contributed by atoms with Crippen LogP contribution in [0.2, 0.25) is 0 Å². The predicted molar refractivity (Wildman–Crippen MR) is 81.0 cm³/mol. The van der Waals surface area contributed by atoms with Gasteiger partial charge in [-0.15, -0.1) is 0 Å². The second kappa shape index (κ2) is 6.06. The topological polar surface area (TPSA) is 29.5 Å². The maximum atomic E-state index is 12.6. The molecule has 1 aliphatic rings. The Morgan fingerprint density at radius 3 is 2.55 bits per heavy atom. The third-order valence-corrected chi connectivity index (χ3v) is 4.20. The van der Waals surface area contributed by atoms with Gasteiger partial charge in [0.2, 0.25) is 0 Å². The molecule has 0 aliphatic carbocycles. The quantitative estimate of drug-likeness (QED) is 0.774. The van der Waals surface area contributed by atoms with Crippen molar-refractivity contribution in [3.63, 3.8) is 0 Å². The van der Waals surface area contributed by atoms with Gasteiger partial charge in [-0.25, -0.2) is 0 Å². The highest BCUT2D eigenvalue weighted by atomic mass is 16.5. The molecule has 2 atom stereocenters. The summed E-state index contributed by atoms with van der Waals surface area (Å²) in [6.07, 6.45) is 1.30. The Balaban J connectivity index is 2.05. The normalized spacial score (nSPS) is 23.2. The number of nitrogens with zero attached hydrogens (tertiary/aromatic N) is 1. The van der Waals surface area contributed by atoms with Gasteiger partial charge < -0.3 is 4.74 Å². The van der Waals surface area contributed by atoms with E-state index < -0.39 is 5.41 Å². The minimum absolute atomic E-state index is 0.205. The van der Waals surface area contributed by atoms with Crippen molar-refractivity contribution < 1.29 is 9.53 Å². The van der Waals surface area contributed by atoms with E-state index in [0.29, 0.717) is 6.04 Å². The van der Waals surface area contributed by atoms with Crippen LogP contribution in [0.4, 0.5) is 0 Å². The molecule has 1 aliphatic heterocycles. The standard InChI is InChI=1S/C17H25NO2/c1-13-15(10-11-20-13)18(4)12-17(2,3)16(19)14-8-6-5-7-9-14/h5-9,13,15H,10-12H2,1-4H3. The van der Waals surface area contributed by atoms with E-state index in [1.54, 1.807) is 0 Å². The van der Waals surface area contributed by atoms with E-state index in [1.807, 2.05) is 44.2 Å². The summed E-state index contributed by atoms with van der Waals surface area (Å²) in [6.45, 7) is 7.74. The van der Waals surface area contributed by atoms with E-state index >= 15 is 0 Å². The molecule has 1 fully saturated rings. The Kier molecular flexibility index (Phi) is 4.61. The predicted octanol–water partition coefficient (Wildman–Crippen LogP) is 3.00. The molecule has 20 heavy (non-hydrogen) atoms. The van der Waals surface area contributed by atoms with Crippen molar-refractivity contribution in [1.82, 2.24) is 4.90 Å². The maximum absolute atomic E-state index is 12.6. The van der Waals surface area contributed by atoms with Gasteiger partial charge in [-0.1, -0.05) is 44.2 Å². The lowest BCUT2D eigenvalue weighted by Crippen LogP contribution is -2.44. The van der Waals surface area contributed by atoms with Crippen LogP contribution in [-0.4, -0.2) is 43.0 Å². The number of benzene rings is 1. The van der Waals surface area contributed by atoms with Gasteiger partial charge in [0.05, 0.1) is 6.10 Å². The summed E-state index contributed by atoms with van der Waals surface area (Å²) >= 11 is 0. The zero-order valence-corrected chi connectivity index (χ0v) is 12.9. The molecule has 3 heteroatoms. The lowest BCUT2D eigenvalue weighted by Gasteiger charge is -2.34. The summed E-state index contributed by atoms with van der Waals surface area (Å²) < 4.78 is 5.62. The molecule has 110 valence electrons. The van der Waals surface area contributed by atoms with Crippen LogP contribution < -0.4 is 0 Å². The largest absolute Gasteiger partial charge is 0.377 e. The van der Waals surface area contributed by atoms with Crippen molar-refractivity contribution in [3.05, 3.63) is 35.9 Å². The first kappa shape index (κ1) is 15.2. The van der Waals surface area contributed by atoms with Crippen LogP contribution in [0.15, 0.2) is 30.3 Å². The summed E-state index contributed by atoms with van der Waals surface area (Å²) in [5.41, 5.74) is 0.403. The second-order valence-electron chi connectivity index (χ2n) is 6.43. The van der Waals surface area contributed by atoms with Gasteiger partial charge >= 0.3 is 0 Å². The molecular formula is C17H25NO2. The van der Waals surface area contributed by atoms with E-state index in [9.17, 15) is 4.79 Å². The van der Waals surface area contributed by atoms with Crippen molar-refractivity contribution >= 4 is 5.78 Å². The number of hydrogen-bond donors (Lipinski definition) is 0. The average molecular weight is 275 g/mol. The lowest BCUT2D eigenvalue weighted by atomic mass is 9.83. The summed E-state index contributed by atoms with van der Waals surface area (Å²) in [6, 6.07) is 9.97. The zero-order chi connectivity index (χ0) is 14.8. The summed E-state index contributed by atoms with van der Waals surface area (Å²) in [4.78, 5) is 14.9. The number of ether oxygens (including phenoxy) is 1. The zero-order valence-electron chi connectivity index (χ0n) is 12.9. The highest BCUT2D eigenvalue weighted by Crippen LogP contribution is 2.26. The lowest BCUT2D eigenvalue weighted by molar-refractivity contribution is 0.0591. The molecule has 2 rings (SSSR count). The molecular weight excluding hydrogens is 250 g/mol. The van der Waals surface area contributed by atoms with Gasteiger partial charge in [-0.3, -0.25) is 9.69 Å². The van der Waals surface area contributed by atoms with Crippen LogP contribution in [0.25, 0.3) is 0 Å². The molecule has 0 bridgehead atoms. The van der Waals surface area contributed by atoms with Crippen LogP contribution in [-0.2, 0) is 4.74 Å². The van der Waals surface area contributed by atoms with Gasteiger partial charge in [0.15, 0.2) is 5.78 Å². The van der Waals surface area contributed by atoms with E-state index in [-0.39, 0.29) is 11.9 Å². The fourth-order valence-electron chi connectivity index (χ4n) is 3.09. The SMILES string of the molecule is CC1OCCC1N(C)CC(C)(C)C(=O)c1ccccc1. The van der Waals surface area contributed by atoms with E-state index in [1.165, 1.54) is 0 Å². The van der Waals surface area contributed by atoms with Gasteiger partial charge in [0, 0.05) is 30.2 Å². The third-order valence-electron chi connectivity index (χ3n) is 4.20. The fraction of sp³-hybridized carbons (Fsp3) is 0.588. The molecule has 2 unspecified atom stereocenters. The van der Waals surface area contributed by atoms with Crippen LogP contribution in [0.3, 0.4) is 0 Å². The Morgan fingerprint density at radius 1 is 1.35 bits per heavy atom. The average Bonchev–Trinajstić information content (AvgIpc) is 2.84. The molecule has 0 N–H and O–H groups in total. The number of hydrogen-bond acceptors (Lipinski definition) is 3. The first-order valence-electron chi connectivity index (χ1n) is 7.33. The maximum Gasteiger partial charge on any atom is 0.169 e. The van der Waals surface area contributed by atoms with Crippen LogP contribution in [0, 0.1) is 5.41 Å². The molecule has 0 amide bonds. The Morgan fingerprint density at radius 2 is 2.00 bits per heavy atom. The van der Waals surface area contributed by atoms with Crippen molar-refractivity contribution in [2.24, 2.45) is 5.41 Å². The monoisotopic (exact) mass is 275 g/mol. The van der Waals surface area contributed by atoms with Crippen molar-refractivity contribution in [2.75, 3.05) is 20.2 Å². The van der Waals surface area contributed by atoms with E-state index in [0.717, 1.165) is 25.1 Å². The Bertz CT molecular complexity index is 455. The molecule has 0 saturated carbocycles. The molecule has 0 spiro atoms. The van der Waals surface area contributed by atoms with Crippen molar-refractivity contribution in [3.8, 4) is 0 Å². The van der Waals surface area contributed by atoms with Crippen LogP contribution >= 0.6 is 0 Å². The van der Waals surface area contributed by atoms with Gasteiger partial charge in [-0.05, 0) is 20.4 Å². The summed E-state index contributed by atoms with van der Waals surface area (Å²) in [5, 5.41) is 0. The summed E-state index contributed by atoms with van der Waals surface area (Å²) in [7, 11) is 2.09. The third kappa shape index (κ3) is 3.28. The molecule has 0 radical (unpaired) electrons. The fourth-order valence-corrected chi connectivity index (χ4v) is 3.09. The first-order chi connectivity index (χ1) is 9.42. The molecule has 3 nitrogen and oxygen atoms in total. The smallest absolute Gasteiger partial charge is 0.169 e. The number of ketones is 1. The number of carbonyl (C=O) groups is 1. The Hall–Kier alpha value is -1.19. The van der Waals surface area contributed by atoms with Crippen LogP contribution in [0.1, 0.15) is 37.6 Å². The second-order valence-corrected chi connectivity index (χ2v) is 6.43. The molecule has 1 saturated heterocycles. The number of Topliss-reactive ketones (excluding diaryl/α,β-unsaturated/α-hetero) is 1. The van der Waals surface area contributed by atoms with Gasteiger partial charge in [0.1, 0.15) is 0 Å². The molecule has 1 aromatic carbocycles. The first-order valence-corrected chi connectivity index (χ1v) is 7.33. The van der Waals surface area contributed by atoms with Gasteiger partial charge in [-0.2, -0.15) is 0 Å². The van der Waals surface area contributed by atoms with Crippen molar-refractivity contribution in [2.45, 2.75) is 39.3 Å². The molecule has 0 aromatic heterocycles. The number of likely N-dealkylation sites (N-methyl/N-ethyl adjacent to an activating group) is 1. The van der Waals surface area contributed by atoms with Gasteiger partial charge in [0.25, 0.3) is 0 Å². The summed E-state index contributed by atoms with van der Waals surface area (Å²) in [5.74, 6) is 0.205. The number of carbonyl (C=O) groups excluding carboxylic acids is 1. The van der Waals surface area contributed by atoms with Crippen molar-refractivity contribution in [1.29, 1.82) is 0 Å². The molecule has 1 heterocycles. The van der Waals surface area contributed by atoms with E-state index in [4.69, 9.17) is 4.74 Å². The van der Waals surface area contributed by atoms with E-state index in [2.05, 4.69) is 18.9 Å². The number of rotatable bonds is 5. The minimum atomic E-state index is -0.390. The minimum Gasteiger partial charge on any atom is -0.377 e. The highest BCUT2D eigenvalue weighted by molar-refractivity contribution is 6.00. The molecule has 1 aromatic rings. The highest BCUT2D eigenvalue weighted by Gasteiger charge is 2.35. The van der Waals surface area contributed by atoms with Crippen LogP contribution in [0.5, 0.6) is 0 Å².